The number of ether oxygens (including phenoxy) is 10. The van der Waals surface area contributed by atoms with Crippen molar-refractivity contribution >= 4 is 11.9 Å². The minimum Gasteiger partial charge on any atom is -0.376 e. The third-order valence-corrected chi connectivity index (χ3v) is 12.7. The van der Waals surface area contributed by atoms with Crippen LogP contribution in [0.1, 0.15) is 117 Å². The van der Waals surface area contributed by atoms with E-state index in [2.05, 4.69) is 84.4 Å². The Balaban J connectivity index is 0.000000171. The van der Waals surface area contributed by atoms with Gasteiger partial charge in [0.1, 0.15) is 48.2 Å². The summed E-state index contributed by atoms with van der Waals surface area (Å²) in [6.45, 7) is 32.7. The van der Waals surface area contributed by atoms with Crippen molar-refractivity contribution in [2.45, 2.75) is 231 Å². The molecule has 6 bridgehead atoms. The summed E-state index contributed by atoms with van der Waals surface area (Å²) in [6, 6.07) is 0.165. The highest BCUT2D eigenvalue weighted by Gasteiger charge is 2.78. The highest BCUT2D eigenvalue weighted by atomic mass is 16.7. The van der Waals surface area contributed by atoms with Crippen LogP contribution >= 0.6 is 0 Å². The maximum atomic E-state index is 12.5. The second-order valence-electron chi connectivity index (χ2n) is 19.7. The molecule has 60 heavy (non-hydrogen) atoms. The molecule has 2 N–H and O–H groups in total. The zero-order valence-electron chi connectivity index (χ0n) is 40.3. The molecule has 7 fully saturated rings. The second-order valence-corrected chi connectivity index (χ2v) is 19.7. The van der Waals surface area contributed by atoms with Gasteiger partial charge in [-0.2, -0.15) is 0 Å². The Kier molecular flexibility index (Phi) is 15.8. The summed E-state index contributed by atoms with van der Waals surface area (Å²) < 4.78 is 63.1. The Hall–Kier alpha value is -1.66. The molecule has 12 atom stereocenters. The fourth-order valence-corrected chi connectivity index (χ4v) is 10.2. The van der Waals surface area contributed by atoms with E-state index in [0.717, 1.165) is 25.3 Å². The summed E-state index contributed by atoms with van der Waals surface area (Å²) in [5.74, 6) is 0.978. The number of likely N-dealkylation sites (tertiary alicyclic amines) is 1. The van der Waals surface area contributed by atoms with Crippen LogP contribution in [-0.4, -0.2) is 183 Å². The largest absolute Gasteiger partial charge is 0.376 e. The molecule has 15 nitrogen and oxygen atoms in total. The molecule has 6 heterocycles. The summed E-state index contributed by atoms with van der Waals surface area (Å²) in [5, 5.41) is 6.47. The van der Waals surface area contributed by atoms with Gasteiger partial charge < -0.3 is 52.3 Å². The van der Waals surface area contributed by atoms with Gasteiger partial charge in [-0.3, -0.25) is 20.0 Å². The molecular weight excluding hydrogens is 773 g/mol. The average Bonchev–Trinajstić information content (AvgIpc) is 3.37. The minimum absolute atomic E-state index is 0.00347. The van der Waals surface area contributed by atoms with E-state index in [1.165, 1.54) is 0 Å². The number of amides is 1. The molecule has 1 amide bonds. The minimum atomic E-state index is -0.965. The summed E-state index contributed by atoms with van der Waals surface area (Å²) >= 11 is 0. The first-order chi connectivity index (χ1) is 28.0. The van der Waals surface area contributed by atoms with E-state index in [1.54, 1.807) is 4.90 Å². The predicted molar refractivity (Wildman–Crippen MR) is 229 cm³/mol. The van der Waals surface area contributed by atoms with Crippen molar-refractivity contribution < 1.29 is 56.7 Å². The Morgan fingerprint density at radius 1 is 0.667 bits per heavy atom. The van der Waals surface area contributed by atoms with Crippen LogP contribution < -0.4 is 10.6 Å². The maximum Gasteiger partial charge on any atom is 0.345 e. The average molecular weight is 856 g/mol. The third-order valence-electron chi connectivity index (χ3n) is 12.7. The highest BCUT2D eigenvalue weighted by molar-refractivity contribution is 5.90. The SMILES string of the molecule is CC(C)OC[C@@]12O[C@@H](C)C([C@H]1OC(C)C)N(C)C2=O.CC(C)OC[C@]12O[C@@H](C)C(OC13CC3)[C@H]2OC(C)C.CNC(NC)=[N+]1C[C@]2(COC(C)C)O[C@@H](C)C1[C@H]2OC(C)C. The van der Waals surface area contributed by atoms with Crippen molar-refractivity contribution in [2.24, 2.45) is 0 Å². The van der Waals surface area contributed by atoms with Crippen LogP contribution in [0.15, 0.2) is 0 Å². The molecule has 1 aliphatic carbocycles. The van der Waals surface area contributed by atoms with E-state index in [1.807, 2.05) is 55.8 Å². The molecule has 0 aromatic rings. The summed E-state index contributed by atoms with van der Waals surface area (Å²) in [5.41, 5.74) is -1.91. The Labute approximate surface area is 361 Å². The maximum absolute atomic E-state index is 12.5. The Morgan fingerprint density at radius 3 is 1.70 bits per heavy atom. The smallest absolute Gasteiger partial charge is 0.345 e. The topological polar surface area (TPSA) is 140 Å². The van der Waals surface area contributed by atoms with Crippen molar-refractivity contribution in [2.75, 3.05) is 47.5 Å². The van der Waals surface area contributed by atoms with Crippen LogP contribution in [0.2, 0.25) is 0 Å². The number of hydrogen-bond acceptors (Lipinski definition) is 11. The quantitative estimate of drug-likeness (QED) is 0.181. The van der Waals surface area contributed by atoms with Gasteiger partial charge in [0.2, 0.25) is 0 Å². The number of nitrogens with zero attached hydrogens (tertiary/aromatic N) is 2. The summed E-state index contributed by atoms with van der Waals surface area (Å²) in [7, 11) is 5.68. The number of hydrogen-bond donors (Lipinski definition) is 2. The van der Waals surface area contributed by atoms with Crippen LogP contribution in [0.5, 0.6) is 0 Å². The van der Waals surface area contributed by atoms with Gasteiger partial charge in [-0.1, -0.05) is 0 Å². The van der Waals surface area contributed by atoms with Crippen molar-refractivity contribution in [3.8, 4) is 0 Å². The first kappa shape index (κ1) is 49.4. The Bertz CT molecular complexity index is 1470. The molecule has 0 radical (unpaired) electrons. The lowest BCUT2D eigenvalue weighted by Gasteiger charge is -2.38. The van der Waals surface area contributed by atoms with Crippen LogP contribution in [0.25, 0.3) is 0 Å². The second kappa shape index (κ2) is 19.2. The first-order valence-corrected chi connectivity index (χ1v) is 22.8. The highest BCUT2D eigenvalue weighted by Crippen LogP contribution is 2.63. The molecule has 0 aromatic heterocycles. The standard InChI is InChI=1S/C16H31N3O3.C15H26O4.C14H25NO4/c1-10(2)20-9-16-8-19(15(17-6)18-7)13(12(5)22-16)14(16)21-11(3)4;1-9(2)16-8-15-13(17-10(3)4)12(11(5)18-15)19-14(15)6-7-14;1-8(2)17-7-14-12(18-9(3)4)11(10(5)19-14)15(6)13(14)16/h10-14H,8-9H2,1-7H3,(H,17,18);9-13H,6-8H2,1-5H3;8-12H,7H2,1-6H3/p+1/t12-,13?,14+,16+;11-,12?,13+,15+;10-,11?,12+,14+/m000/s1. The van der Waals surface area contributed by atoms with Gasteiger partial charge in [-0.05, 0) is 117 Å². The first-order valence-electron chi connectivity index (χ1n) is 22.8. The molecule has 15 heteroatoms. The van der Waals surface area contributed by atoms with Gasteiger partial charge in [0, 0.05) is 7.05 Å². The van der Waals surface area contributed by atoms with Crippen LogP contribution in [0.4, 0.5) is 0 Å². The fourth-order valence-electron chi connectivity index (χ4n) is 10.2. The molecule has 7 aliphatic rings. The molecule has 7 rings (SSSR count). The lowest BCUT2D eigenvalue weighted by molar-refractivity contribution is -0.583. The lowest BCUT2D eigenvalue weighted by Crippen LogP contribution is -2.54. The number of guanidine groups is 1. The van der Waals surface area contributed by atoms with Gasteiger partial charge >= 0.3 is 5.96 Å². The van der Waals surface area contributed by atoms with E-state index >= 15 is 0 Å². The lowest BCUT2D eigenvalue weighted by atomic mass is 9.90. The van der Waals surface area contributed by atoms with Crippen molar-refractivity contribution in [1.29, 1.82) is 0 Å². The molecule has 348 valence electrons. The summed E-state index contributed by atoms with van der Waals surface area (Å²) in [6.07, 6.45) is 2.95. The van der Waals surface area contributed by atoms with E-state index in [4.69, 9.17) is 47.4 Å². The molecule has 6 saturated heterocycles. The summed E-state index contributed by atoms with van der Waals surface area (Å²) in [4.78, 5) is 14.2. The number of likely N-dealkylation sites (N-methyl/N-ethyl adjacent to an activating group) is 1. The third kappa shape index (κ3) is 9.42. The van der Waals surface area contributed by atoms with Crippen LogP contribution in [0, 0.1) is 0 Å². The molecule has 0 aromatic carbocycles. The van der Waals surface area contributed by atoms with Crippen LogP contribution in [-0.2, 0) is 52.2 Å². The Morgan fingerprint density at radius 2 is 1.18 bits per heavy atom. The van der Waals surface area contributed by atoms with E-state index in [0.29, 0.717) is 13.2 Å². The molecule has 6 aliphatic heterocycles. The van der Waals surface area contributed by atoms with Gasteiger partial charge in [0.05, 0.1) is 94.9 Å². The number of carbonyl (C=O) groups is 1. The fraction of sp³-hybridized carbons (Fsp3) is 0.956. The van der Waals surface area contributed by atoms with Crippen LogP contribution in [0.3, 0.4) is 0 Å². The van der Waals surface area contributed by atoms with Crippen molar-refractivity contribution in [1.82, 2.24) is 15.5 Å². The number of nitrogens with one attached hydrogen (secondary N) is 2. The zero-order valence-corrected chi connectivity index (χ0v) is 40.3. The molecule has 1 spiro atoms. The number of rotatable bonds is 15. The van der Waals surface area contributed by atoms with Gasteiger partial charge in [-0.25, -0.2) is 0 Å². The van der Waals surface area contributed by atoms with E-state index in [-0.39, 0.29) is 110 Å². The number of fused-ring (bicyclic) bond motifs is 7. The number of carbonyl (C=O) groups excluding carboxylic acids is 1. The van der Waals surface area contributed by atoms with Crippen molar-refractivity contribution in [3.05, 3.63) is 0 Å². The predicted octanol–water partition coefficient (Wildman–Crippen LogP) is 4.05. The van der Waals surface area contributed by atoms with E-state index in [9.17, 15) is 4.79 Å². The molecule has 3 unspecified atom stereocenters. The molecular formula is C45H83N4O11+. The van der Waals surface area contributed by atoms with Crippen molar-refractivity contribution in [3.63, 3.8) is 0 Å². The zero-order chi connectivity index (χ0) is 44.7. The van der Waals surface area contributed by atoms with Gasteiger partial charge in [0.15, 0.2) is 11.2 Å². The number of morpholine rings is 2. The molecule has 1 saturated carbocycles. The normalized spacial score (nSPS) is 38.0. The van der Waals surface area contributed by atoms with E-state index < -0.39 is 16.8 Å². The van der Waals surface area contributed by atoms with Gasteiger partial charge in [-0.15, -0.1) is 0 Å². The monoisotopic (exact) mass is 856 g/mol. The van der Waals surface area contributed by atoms with Gasteiger partial charge in [0.25, 0.3) is 5.91 Å².